The molecule has 0 saturated carbocycles. The summed E-state index contributed by atoms with van der Waals surface area (Å²) in [6.07, 6.45) is 4.81. The summed E-state index contributed by atoms with van der Waals surface area (Å²) >= 11 is 0. The van der Waals surface area contributed by atoms with Gasteiger partial charge in [0.1, 0.15) is 0 Å². The van der Waals surface area contributed by atoms with Crippen molar-refractivity contribution >= 4 is 23.2 Å². The summed E-state index contributed by atoms with van der Waals surface area (Å²) in [7, 11) is 0. The average Bonchev–Trinajstić information content (AvgIpc) is 2.54. The van der Waals surface area contributed by atoms with Crippen LogP contribution in [0.5, 0.6) is 0 Å². The molecular weight excluding hydrogens is 338 g/mol. The fourth-order valence-corrected chi connectivity index (χ4v) is 2.94. The van der Waals surface area contributed by atoms with E-state index < -0.39 is 17.4 Å². The summed E-state index contributed by atoms with van der Waals surface area (Å²) in [4.78, 5) is 24.1. The van der Waals surface area contributed by atoms with Gasteiger partial charge in [0.2, 0.25) is 5.91 Å². The van der Waals surface area contributed by atoms with E-state index >= 15 is 0 Å². The summed E-state index contributed by atoms with van der Waals surface area (Å²) in [6.45, 7) is 7.60. The molecule has 1 aliphatic rings. The Morgan fingerprint density at radius 2 is 2.04 bits per heavy atom. The fourth-order valence-electron chi connectivity index (χ4n) is 2.94. The fraction of sp³-hybridized carbons (Fsp3) is 0.300. The van der Waals surface area contributed by atoms with Crippen LogP contribution in [0.3, 0.4) is 0 Å². The summed E-state index contributed by atoms with van der Waals surface area (Å²) in [5.74, 6) is -3.88. The first-order valence-corrected chi connectivity index (χ1v) is 8.29. The average molecular weight is 360 g/mol. The minimum atomic E-state index is -3.19. The van der Waals surface area contributed by atoms with Crippen LogP contribution in [0.2, 0.25) is 0 Å². The number of halogens is 2. The van der Waals surface area contributed by atoms with Gasteiger partial charge < -0.3 is 10.6 Å². The van der Waals surface area contributed by atoms with Crippen LogP contribution < -0.4 is 10.6 Å². The van der Waals surface area contributed by atoms with E-state index in [9.17, 15) is 18.4 Å². The van der Waals surface area contributed by atoms with E-state index in [0.717, 1.165) is 29.8 Å². The van der Waals surface area contributed by atoms with E-state index in [-0.39, 0.29) is 11.5 Å². The van der Waals surface area contributed by atoms with Crippen LogP contribution in [-0.2, 0) is 16.0 Å². The molecule has 0 bridgehead atoms. The summed E-state index contributed by atoms with van der Waals surface area (Å²) in [5, 5.41) is 5.49. The van der Waals surface area contributed by atoms with Crippen molar-refractivity contribution in [1.82, 2.24) is 0 Å². The summed E-state index contributed by atoms with van der Waals surface area (Å²) < 4.78 is 27.6. The van der Waals surface area contributed by atoms with Crippen LogP contribution in [0.4, 0.5) is 20.2 Å². The molecule has 1 aliphatic heterocycles. The summed E-state index contributed by atoms with van der Waals surface area (Å²) in [6, 6.07) is 3.46. The Hall–Kier alpha value is -2.76. The lowest BCUT2D eigenvalue weighted by atomic mass is 9.98. The number of carbonyl (C=O) groups excluding carboxylic acids is 2. The minimum absolute atomic E-state index is 0.0449. The number of anilines is 2. The molecule has 1 aromatic carbocycles. The Morgan fingerprint density at radius 1 is 1.35 bits per heavy atom. The Morgan fingerprint density at radius 3 is 2.62 bits per heavy atom. The molecule has 26 heavy (non-hydrogen) atoms. The Balaban J connectivity index is 2.39. The second-order valence-electron chi connectivity index (χ2n) is 6.25. The van der Waals surface area contributed by atoms with Gasteiger partial charge in [-0.3, -0.25) is 9.59 Å². The number of hydrogen-bond acceptors (Lipinski definition) is 2. The zero-order valence-electron chi connectivity index (χ0n) is 15.1. The molecule has 6 heteroatoms. The molecule has 4 nitrogen and oxygen atoms in total. The maximum Gasteiger partial charge on any atom is 0.271 e. The lowest BCUT2D eigenvalue weighted by Crippen LogP contribution is -2.23. The largest absolute Gasteiger partial charge is 0.326 e. The lowest BCUT2D eigenvalue weighted by molar-refractivity contribution is -0.116. The lowest BCUT2D eigenvalue weighted by Gasteiger charge is -2.21. The van der Waals surface area contributed by atoms with Crippen molar-refractivity contribution in [3.05, 3.63) is 59.2 Å². The third kappa shape index (κ3) is 4.25. The number of amides is 2. The van der Waals surface area contributed by atoms with E-state index in [1.807, 2.05) is 6.92 Å². The standard InChI is InChI=1S/C20H22F2N2O2/c1-5-7-15(16(6-2)20(4,21)22)19(26)23-14-10-12(3)18-13(11-14)8-9-17(25)24-18/h5-7,10-11H,2,8-9H2,1,3-4H3,(H,23,26)(H,24,25)/b7-5-,16-15-. The predicted octanol–water partition coefficient (Wildman–Crippen LogP) is 4.53. The quantitative estimate of drug-likeness (QED) is 0.599. The predicted molar refractivity (Wildman–Crippen MR) is 99.4 cm³/mol. The highest BCUT2D eigenvalue weighted by Crippen LogP contribution is 2.31. The van der Waals surface area contributed by atoms with Crippen molar-refractivity contribution in [2.45, 2.75) is 39.5 Å². The van der Waals surface area contributed by atoms with E-state index in [1.54, 1.807) is 19.1 Å². The van der Waals surface area contributed by atoms with Crippen LogP contribution in [0.1, 0.15) is 31.4 Å². The highest BCUT2D eigenvalue weighted by Gasteiger charge is 2.30. The smallest absolute Gasteiger partial charge is 0.271 e. The SMILES string of the molecule is C=C/C(=C(\C=C/C)C(=O)Nc1cc(C)c2c(c1)CCC(=O)N2)C(C)(F)F. The van der Waals surface area contributed by atoms with Crippen molar-refractivity contribution in [2.24, 2.45) is 0 Å². The highest BCUT2D eigenvalue weighted by atomic mass is 19.3. The van der Waals surface area contributed by atoms with Gasteiger partial charge in [0.15, 0.2) is 0 Å². The number of hydrogen-bond donors (Lipinski definition) is 2. The maximum absolute atomic E-state index is 13.8. The number of allylic oxidation sites excluding steroid dienone is 3. The van der Waals surface area contributed by atoms with E-state index in [4.69, 9.17) is 0 Å². The first-order valence-electron chi connectivity index (χ1n) is 8.29. The number of benzene rings is 1. The topological polar surface area (TPSA) is 58.2 Å². The second-order valence-corrected chi connectivity index (χ2v) is 6.25. The monoisotopic (exact) mass is 360 g/mol. The summed E-state index contributed by atoms with van der Waals surface area (Å²) in [5.41, 5.74) is 2.37. The molecule has 0 fully saturated rings. The third-order valence-corrected chi connectivity index (χ3v) is 4.11. The first kappa shape index (κ1) is 19.6. The minimum Gasteiger partial charge on any atom is -0.326 e. The van der Waals surface area contributed by atoms with E-state index in [2.05, 4.69) is 17.2 Å². The Kier molecular flexibility index (Phi) is 5.75. The van der Waals surface area contributed by atoms with E-state index in [1.165, 1.54) is 12.2 Å². The number of nitrogens with one attached hydrogen (secondary N) is 2. The Bertz CT molecular complexity index is 818. The molecule has 2 rings (SSSR count). The van der Waals surface area contributed by atoms with Gasteiger partial charge in [-0.15, -0.1) is 0 Å². The Labute approximate surface area is 151 Å². The van der Waals surface area contributed by atoms with Gasteiger partial charge in [0.25, 0.3) is 11.8 Å². The van der Waals surface area contributed by atoms with Crippen LogP contribution in [0, 0.1) is 6.92 Å². The molecule has 0 spiro atoms. The number of rotatable bonds is 5. The molecule has 1 heterocycles. The molecule has 0 radical (unpaired) electrons. The van der Waals surface area contributed by atoms with Crippen molar-refractivity contribution in [2.75, 3.05) is 10.6 Å². The first-order chi connectivity index (χ1) is 12.2. The molecule has 1 aromatic rings. The molecular formula is C20H22F2N2O2. The molecule has 0 atom stereocenters. The van der Waals surface area contributed by atoms with Crippen molar-refractivity contribution < 1.29 is 18.4 Å². The number of aryl methyl sites for hydroxylation is 2. The van der Waals surface area contributed by atoms with Gasteiger partial charge in [-0.05, 0) is 43.5 Å². The number of fused-ring (bicyclic) bond motifs is 1. The number of carbonyl (C=O) groups is 2. The van der Waals surface area contributed by atoms with Crippen LogP contribution in [0.25, 0.3) is 0 Å². The van der Waals surface area contributed by atoms with Gasteiger partial charge in [-0.25, -0.2) is 8.78 Å². The third-order valence-electron chi connectivity index (χ3n) is 4.11. The molecule has 0 saturated heterocycles. The van der Waals surface area contributed by atoms with Crippen LogP contribution in [-0.4, -0.2) is 17.7 Å². The number of alkyl halides is 2. The molecule has 2 N–H and O–H groups in total. The van der Waals surface area contributed by atoms with Crippen molar-refractivity contribution in [3.8, 4) is 0 Å². The highest BCUT2D eigenvalue weighted by molar-refractivity contribution is 6.07. The van der Waals surface area contributed by atoms with Crippen molar-refractivity contribution in [1.29, 1.82) is 0 Å². The van der Waals surface area contributed by atoms with Gasteiger partial charge in [-0.2, -0.15) is 0 Å². The molecule has 0 unspecified atom stereocenters. The molecule has 0 aliphatic carbocycles. The molecule has 2 amide bonds. The van der Waals surface area contributed by atoms with Crippen LogP contribution >= 0.6 is 0 Å². The van der Waals surface area contributed by atoms with Gasteiger partial charge in [-0.1, -0.05) is 24.8 Å². The van der Waals surface area contributed by atoms with Crippen molar-refractivity contribution in [3.63, 3.8) is 0 Å². The zero-order valence-corrected chi connectivity index (χ0v) is 15.1. The normalized spacial score (nSPS) is 15.2. The molecule has 138 valence electrons. The van der Waals surface area contributed by atoms with Gasteiger partial charge in [0, 0.05) is 35.9 Å². The second kappa shape index (κ2) is 7.64. The maximum atomic E-state index is 13.8. The molecule has 0 aromatic heterocycles. The zero-order chi connectivity index (χ0) is 19.5. The van der Waals surface area contributed by atoms with Crippen LogP contribution in [0.15, 0.2) is 48.1 Å². The van der Waals surface area contributed by atoms with Gasteiger partial charge in [0.05, 0.1) is 0 Å². The van der Waals surface area contributed by atoms with Gasteiger partial charge >= 0.3 is 0 Å². The van der Waals surface area contributed by atoms with E-state index in [0.29, 0.717) is 18.5 Å².